The van der Waals surface area contributed by atoms with Crippen molar-refractivity contribution in [3.63, 3.8) is 0 Å². The molecule has 0 atom stereocenters. The molecule has 3 rings (SSSR count). The van der Waals surface area contributed by atoms with Gasteiger partial charge in [0, 0.05) is 27.1 Å². The number of hydrogen-bond acceptors (Lipinski definition) is 5. The molecule has 0 aliphatic heterocycles. The van der Waals surface area contributed by atoms with Crippen LogP contribution in [-0.4, -0.2) is 31.0 Å². The summed E-state index contributed by atoms with van der Waals surface area (Å²) in [5.74, 6) is 0.343. The van der Waals surface area contributed by atoms with Crippen molar-refractivity contribution in [2.24, 2.45) is 0 Å². The first-order chi connectivity index (χ1) is 12.3. The van der Waals surface area contributed by atoms with Crippen molar-refractivity contribution in [2.45, 2.75) is 26.2 Å². The van der Waals surface area contributed by atoms with Crippen molar-refractivity contribution < 1.29 is 14.6 Å². The summed E-state index contributed by atoms with van der Waals surface area (Å²) in [6.07, 6.45) is 1.72. The maximum absolute atomic E-state index is 11.3. The van der Waals surface area contributed by atoms with Gasteiger partial charge in [-0.05, 0) is 46.2 Å². The fourth-order valence-corrected chi connectivity index (χ4v) is 2.96. The van der Waals surface area contributed by atoms with Crippen LogP contribution in [0.4, 0.5) is 4.79 Å². The molecule has 7 nitrogen and oxygen atoms in total. The fraction of sp³-hybridized carbons (Fsp3) is 0.222. The van der Waals surface area contributed by atoms with Gasteiger partial charge in [0.05, 0.1) is 0 Å². The molecule has 1 N–H and O–H groups in total. The Morgan fingerprint density at radius 3 is 2.31 bits per heavy atom. The van der Waals surface area contributed by atoms with Crippen molar-refractivity contribution in [1.82, 2.24) is 19.7 Å². The van der Waals surface area contributed by atoms with Crippen LogP contribution >= 0.6 is 22.6 Å². The van der Waals surface area contributed by atoms with Crippen LogP contribution in [-0.2, 0) is 5.41 Å². The SMILES string of the molecule is CC(C)(C)c1c(-c2ccc(I)cc2)nn(-c2ncccn2)c1OC(=O)O. The van der Waals surface area contributed by atoms with Gasteiger partial charge in [-0.25, -0.2) is 14.8 Å². The minimum Gasteiger partial charge on any atom is -0.449 e. The lowest BCUT2D eigenvalue weighted by molar-refractivity contribution is 0.140. The number of halogens is 1. The highest BCUT2D eigenvalue weighted by atomic mass is 127. The molecular weight excluding hydrogens is 447 g/mol. The minimum atomic E-state index is -1.42. The third-order valence-electron chi connectivity index (χ3n) is 3.64. The van der Waals surface area contributed by atoms with Gasteiger partial charge >= 0.3 is 6.16 Å². The van der Waals surface area contributed by atoms with Crippen LogP contribution in [0.15, 0.2) is 42.7 Å². The van der Waals surface area contributed by atoms with E-state index in [1.54, 1.807) is 18.5 Å². The number of hydrogen-bond donors (Lipinski definition) is 1. The van der Waals surface area contributed by atoms with E-state index in [0.29, 0.717) is 11.3 Å². The van der Waals surface area contributed by atoms with E-state index in [-0.39, 0.29) is 11.8 Å². The zero-order chi connectivity index (χ0) is 18.9. The Kier molecular flexibility index (Phi) is 4.94. The Morgan fingerprint density at radius 1 is 1.15 bits per heavy atom. The quantitative estimate of drug-likeness (QED) is 0.460. The second kappa shape index (κ2) is 7.02. The summed E-state index contributed by atoms with van der Waals surface area (Å²) in [6, 6.07) is 9.51. The van der Waals surface area contributed by atoms with E-state index < -0.39 is 11.6 Å². The molecule has 26 heavy (non-hydrogen) atoms. The molecule has 0 aliphatic carbocycles. The second-order valence-electron chi connectivity index (χ2n) is 6.61. The van der Waals surface area contributed by atoms with Crippen LogP contribution in [0.3, 0.4) is 0 Å². The van der Waals surface area contributed by atoms with Gasteiger partial charge in [-0.1, -0.05) is 32.9 Å². The predicted molar refractivity (Wildman–Crippen MR) is 105 cm³/mol. The van der Waals surface area contributed by atoms with Crippen LogP contribution in [0, 0.1) is 3.57 Å². The molecule has 0 saturated heterocycles. The molecule has 0 radical (unpaired) electrons. The average molecular weight is 464 g/mol. The molecule has 0 amide bonds. The zero-order valence-corrected chi connectivity index (χ0v) is 16.6. The van der Waals surface area contributed by atoms with E-state index in [1.165, 1.54) is 4.68 Å². The van der Waals surface area contributed by atoms with Crippen molar-refractivity contribution in [3.8, 4) is 23.1 Å². The summed E-state index contributed by atoms with van der Waals surface area (Å²) < 4.78 is 7.55. The number of nitrogens with zero attached hydrogens (tertiary/aromatic N) is 4. The smallest absolute Gasteiger partial charge is 0.449 e. The van der Waals surface area contributed by atoms with E-state index in [9.17, 15) is 9.90 Å². The van der Waals surface area contributed by atoms with Gasteiger partial charge in [-0.2, -0.15) is 9.78 Å². The maximum atomic E-state index is 11.3. The van der Waals surface area contributed by atoms with Gasteiger partial charge in [-0.3, -0.25) is 0 Å². The van der Waals surface area contributed by atoms with Gasteiger partial charge in [0.25, 0.3) is 5.95 Å². The molecule has 1 aromatic carbocycles. The maximum Gasteiger partial charge on any atom is 0.512 e. The number of benzene rings is 1. The van der Waals surface area contributed by atoms with Crippen molar-refractivity contribution >= 4 is 28.7 Å². The molecular formula is C18H17IN4O3. The molecule has 0 unspecified atom stereocenters. The largest absolute Gasteiger partial charge is 0.512 e. The third-order valence-corrected chi connectivity index (χ3v) is 4.36. The normalized spacial score (nSPS) is 11.4. The number of aromatic nitrogens is 4. The van der Waals surface area contributed by atoms with Crippen LogP contribution < -0.4 is 4.74 Å². The summed E-state index contributed by atoms with van der Waals surface area (Å²) >= 11 is 2.23. The highest BCUT2D eigenvalue weighted by Gasteiger charge is 2.32. The van der Waals surface area contributed by atoms with Gasteiger partial charge < -0.3 is 9.84 Å². The summed E-state index contributed by atoms with van der Waals surface area (Å²) in [5, 5.41) is 13.8. The van der Waals surface area contributed by atoms with Crippen molar-refractivity contribution in [2.75, 3.05) is 0 Å². The molecule has 2 aromatic heterocycles. The number of carbonyl (C=O) groups is 1. The fourth-order valence-electron chi connectivity index (χ4n) is 2.60. The summed E-state index contributed by atoms with van der Waals surface area (Å²) in [4.78, 5) is 19.7. The first kappa shape index (κ1) is 18.3. The van der Waals surface area contributed by atoms with Gasteiger partial charge in [0.1, 0.15) is 5.69 Å². The summed E-state index contributed by atoms with van der Waals surface area (Å²) in [6.45, 7) is 5.93. The second-order valence-corrected chi connectivity index (χ2v) is 7.86. The highest BCUT2D eigenvalue weighted by molar-refractivity contribution is 14.1. The average Bonchev–Trinajstić information content (AvgIpc) is 2.95. The molecule has 0 spiro atoms. The van der Waals surface area contributed by atoms with Crippen molar-refractivity contribution in [1.29, 1.82) is 0 Å². The van der Waals surface area contributed by atoms with Crippen molar-refractivity contribution in [3.05, 3.63) is 51.9 Å². The van der Waals surface area contributed by atoms with Crippen LogP contribution in [0.5, 0.6) is 5.88 Å². The van der Waals surface area contributed by atoms with E-state index in [1.807, 2.05) is 45.0 Å². The first-order valence-electron chi connectivity index (χ1n) is 7.85. The minimum absolute atomic E-state index is 0.102. The van der Waals surface area contributed by atoms with Crippen LogP contribution in [0.1, 0.15) is 26.3 Å². The van der Waals surface area contributed by atoms with Crippen LogP contribution in [0.2, 0.25) is 0 Å². The molecule has 0 aliphatic rings. The standard InChI is InChI=1S/C18H17IN4O3/c1-18(2,3)13-14(11-5-7-12(19)8-6-11)22-23(15(13)26-17(24)25)16-20-9-4-10-21-16/h4-10H,1-3H3,(H,24,25). The zero-order valence-electron chi connectivity index (χ0n) is 14.5. The highest BCUT2D eigenvalue weighted by Crippen LogP contribution is 2.40. The lowest BCUT2D eigenvalue weighted by Crippen LogP contribution is -2.17. The number of ether oxygens (including phenoxy) is 1. The molecule has 8 heteroatoms. The molecule has 0 saturated carbocycles. The predicted octanol–water partition coefficient (Wildman–Crippen LogP) is 4.29. The summed E-state index contributed by atoms with van der Waals surface area (Å²) in [5.41, 5.74) is 1.75. The van der Waals surface area contributed by atoms with Gasteiger partial charge in [0.15, 0.2) is 0 Å². The Labute approximate surface area is 164 Å². The van der Waals surface area contributed by atoms with E-state index in [0.717, 1.165) is 9.13 Å². The lowest BCUT2D eigenvalue weighted by atomic mass is 9.85. The van der Waals surface area contributed by atoms with Gasteiger partial charge in [-0.15, -0.1) is 0 Å². The molecule has 3 aromatic rings. The third kappa shape index (κ3) is 3.69. The number of carboxylic acid groups (broad SMARTS) is 1. The topological polar surface area (TPSA) is 90.1 Å². The summed E-state index contributed by atoms with van der Waals surface area (Å²) in [7, 11) is 0. The Balaban J connectivity index is 2.31. The van der Waals surface area contributed by atoms with Crippen LogP contribution in [0.25, 0.3) is 17.2 Å². The molecule has 2 heterocycles. The van der Waals surface area contributed by atoms with E-state index in [4.69, 9.17) is 4.74 Å². The monoisotopic (exact) mass is 464 g/mol. The number of rotatable bonds is 3. The lowest BCUT2D eigenvalue weighted by Gasteiger charge is -2.20. The van der Waals surface area contributed by atoms with E-state index in [2.05, 4.69) is 37.7 Å². The molecule has 0 fully saturated rings. The first-order valence-corrected chi connectivity index (χ1v) is 8.93. The van der Waals surface area contributed by atoms with Gasteiger partial charge in [0.2, 0.25) is 5.88 Å². The Morgan fingerprint density at radius 2 is 1.77 bits per heavy atom. The Bertz CT molecular complexity index is 932. The molecule has 134 valence electrons. The van der Waals surface area contributed by atoms with E-state index >= 15 is 0 Å². The Hall–Kier alpha value is -2.49. The molecule has 0 bridgehead atoms.